The summed E-state index contributed by atoms with van der Waals surface area (Å²) in [7, 11) is -3.71. The fourth-order valence-electron chi connectivity index (χ4n) is 5.04. The zero-order chi connectivity index (χ0) is 24.2. The van der Waals surface area contributed by atoms with Gasteiger partial charge in [0.2, 0.25) is 21.8 Å². The molecule has 9 nitrogen and oxygen atoms in total. The van der Waals surface area contributed by atoms with E-state index in [0.717, 1.165) is 25.7 Å². The minimum absolute atomic E-state index is 0.113. The van der Waals surface area contributed by atoms with E-state index in [1.165, 1.54) is 10.4 Å². The second kappa shape index (κ2) is 10.5. The molecule has 1 aliphatic carbocycles. The van der Waals surface area contributed by atoms with Crippen molar-refractivity contribution in [3.05, 3.63) is 18.2 Å². The van der Waals surface area contributed by atoms with E-state index in [1.807, 2.05) is 6.92 Å². The van der Waals surface area contributed by atoms with Crippen LogP contribution in [-0.2, 0) is 19.6 Å². The Labute approximate surface area is 201 Å². The van der Waals surface area contributed by atoms with E-state index >= 15 is 0 Å². The lowest BCUT2D eigenvalue weighted by atomic mass is 9.80. The molecule has 1 aromatic carbocycles. The Kier molecular flexibility index (Phi) is 7.67. The standard InChI is InChI=1S/C24H35N3O6S/c1-2-25-23(29)24(11-4-3-5-12-24)26-22(28)18-9-13-27(14-10-18)34(30,31)19-7-8-20-21(17-19)33-16-6-15-32-20/h7-8,17-18H,2-6,9-16H2,1H3,(H,25,29)(H,26,28). The summed E-state index contributed by atoms with van der Waals surface area (Å²) < 4.78 is 39.2. The number of benzene rings is 1. The molecule has 0 unspecified atom stereocenters. The molecule has 4 rings (SSSR count). The van der Waals surface area contributed by atoms with Crippen molar-refractivity contribution < 1.29 is 27.5 Å². The van der Waals surface area contributed by atoms with Gasteiger partial charge in [-0.25, -0.2) is 8.42 Å². The molecule has 34 heavy (non-hydrogen) atoms. The zero-order valence-corrected chi connectivity index (χ0v) is 20.6. The van der Waals surface area contributed by atoms with E-state index in [9.17, 15) is 18.0 Å². The molecule has 1 aromatic rings. The Morgan fingerprint density at radius 3 is 2.38 bits per heavy atom. The molecule has 0 bridgehead atoms. The number of ether oxygens (including phenoxy) is 2. The van der Waals surface area contributed by atoms with Crippen molar-refractivity contribution in [3.8, 4) is 11.5 Å². The highest BCUT2D eigenvalue weighted by Crippen LogP contribution is 2.34. The van der Waals surface area contributed by atoms with E-state index in [-0.39, 0.29) is 35.7 Å². The van der Waals surface area contributed by atoms with Gasteiger partial charge in [0.05, 0.1) is 18.1 Å². The van der Waals surface area contributed by atoms with Gasteiger partial charge in [-0.2, -0.15) is 4.31 Å². The number of sulfonamides is 1. The Morgan fingerprint density at radius 2 is 1.71 bits per heavy atom. The maximum atomic E-state index is 13.2. The van der Waals surface area contributed by atoms with Gasteiger partial charge in [0.15, 0.2) is 11.5 Å². The second-order valence-electron chi connectivity index (χ2n) is 9.33. The van der Waals surface area contributed by atoms with Crippen molar-refractivity contribution in [1.82, 2.24) is 14.9 Å². The van der Waals surface area contributed by atoms with Crippen molar-refractivity contribution in [1.29, 1.82) is 0 Å². The van der Waals surface area contributed by atoms with Crippen LogP contribution in [0.4, 0.5) is 0 Å². The SMILES string of the molecule is CCNC(=O)C1(NC(=O)C2CCN(S(=O)(=O)c3ccc4c(c3)OCCCO4)CC2)CCCCC1. The Bertz CT molecular complexity index is 998. The number of nitrogens with one attached hydrogen (secondary N) is 2. The van der Waals surface area contributed by atoms with E-state index < -0.39 is 15.6 Å². The largest absolute Gasteiger partial charge is 0.490 e. The summed E-state index contributed by atoms with van der Waals surface area (Å²) in [4.78, 5) is 26.0. The molecule has 0 radical (unpaired) electrons. The number of hydrogen-bond acceptors (Lipinski definition) is 6. The van der Waals surface area contributed by atoms with Gasteiger partial charge in [-0.1, -0.05) is 19.3 Å². The smallest absolute Gasteiger partial charge is 0.245 e. The third-order valence-electron chi connectivity index (χ3n) is 7.02. The van der Waals surface area contributed by atoms with Gasteiger partial charge in [-0.05, 0) is 44.7 Å². The molecule has 2 N–H and O–H groups in total. The van der Waals surface area contributed by atoms with Gasteiger partial charge >= 0.3 is 0 Å². The van der Waals surface area contributed by atoms with Crippen LogP contribution in [0.5, 0.6) is 11.5 Å². The topological polar surface area (TPSA) is 114 Å². The molecular formula is C24H35N3O6S. The molecule has 3 aliphatic rings. The number of fused-ring (bicyclic) bond motifs is 1. The third-order valence-corrected chi connectivity index (χ3v) is 8.92. The van der Waals surface area contributed by atoms with Crippen LogP contribution in [0.25, 0.3) is 0 Å². The second-order valence-corrected chi connectivity index (χ2v) is 11.3. The minimum Gasteiger partial charge on any atom is -0.490 e. The number of carbonyl (C=O) groups is 2. The molecule has 0 aromatic heterocycles. The highest BCUT2D eigenvalue weighted by atomic mass is 32.2. The van der Waals surface area contributed by atoms with Crippen LogP contribution in [0.15, 0.2) is 23.1 Å². The molecule has 1 saturated carbocycles. The molecule has 2 amide bonds. The van der Waals surface area contributed by atoms with E-state index in [0.29, 0.717) is 56.9 Å². The van der Waals surface area contributed by atoms with Crippen LogP contribution >= 0.6 is 0 Å². The minimum atomic E-state index is -3.71. The van der Waals surface area contributed by atoms with Crippen molar-refractivity contribution in [2.24, 2.45) is 5.92 Å². The molecule has 0 spiro atoms. The van der Waals surface area contributed by atoms with Crippen LogP contribution < -0.4 is 20.1 Å². The van der Waals surface area contributed by atoms with Gasteiger partial charge in [0.1, 0.15) is 5.54 Å². The van der Waals surface area contributed by atoms with Gasteiger partial charge in [0, 0.05) is 38.0 Å². The number of hydrogen-bond donors (Lipinski definition) is 2. The van der Waals surface area contributed by atoms with Gasteiger partial charge in [-0.15, -0.1) is 0 Å². The molecule has 2 aliphatic heterocycles. The molecule has 0 atom stereocenters. The number of amides is 2. The molecule has 2 fully saturated rings. The highest BCUT2D eigenvalue weighted by Gasteiger charge is 2.42. The van der Waals surface area contributed by atoms with Crippen LogP contribution in [0.1, 0.15) is 58.3 Å². The van der Waals surface area contributed by atoms with Gasteiger partial charge in [0.25, 0.3) is 0 Å². The number of nitrogens with zero attached hydrogens (tertiary/aromatic N) is 1. The fourth-order valence-corrected chi connectivity index (χ4v) is 6.53. The Morgan fingerprint density at radius 1 is 1.03 bits per heavy atom. The van der Waals surface area contributed by atoms with Gasteiger partial charge < -0.3 is 20.1 Å². The Hall–Kier alpha value is -2.33. The maximum absolute atomic E-state index is 13.2. The van der Waals surface area contributed by atoms with Crippen molar-refractivity contribution in [3.63, 3.8) is 0 Å². The average molecular weight is 494 g/mol. The zero-order valence-electron chi connectivity index (χ0n) is 19.8. The third kappa shape index (κ3) is 5.17. The summed E-state index contributed by atoms with van der Waals surface area (Å²) in [6.07, 6.45) is 5.74. The first kappa shape index (κ1) is 24.8. The average Bonchev–Trinajstić information content (AvgIpc) is 3.10. The van der Waals surface area contributed by atoms with Crippen molar-refractivity contribution >= 4 is 21.8 Å². The van der Waals surface area contributed by atoms with E-state index in [2.05, 4.69) is 10.6 Å². The van der Waals surface area contributed by atoms with Crippen molar-refractivity contribution in [2.75, 3.05) is 32.8 Å². The first-order valence-corrected chi connectivity index (χ1v) is 13.8. The van der Waals surface area contributed by atoms with Crippen LogP contribution in [-0.4, -0.2) is 62.9 Å². The lowest BCUT2D eigenvalue weighted by Gasteiger charge is -2.38. The first-order chi connectivity index (χ1) is 16.4. The molecule has 10 heteroatoms. The predicted octanol–water partition coefficient (Wildman–Crippen LogP) is 2.20. The lowest BCUT2D eigenvalue weighted by Crippen LogP contribution is -2.61. The predicted molar refractivity (Wildman–Crippen MR) is 126 cm³/mol. The summed E-state index contributed by atoms with van der Waals surface area (Å²) in [5.41, 5.74) is -0.849. The van der Waals surface area contributed by atoms with Crippen molar-refractivity contribution in [2.45, 2.75) is 68.7 Å². The van der Waals surface area contributed by atoms with E-state index in [4.69, 9.17) is 9.47 Å². The molecular weight excluding hydrogens is 458 g/mol. The quantitative estimate of drug-likeness (QED) is 0.628. The van der Waals surface area contributed by atoms with Crippen LogP contribution in [0, 0.1) is 5.92 Å². The van der Waals surface area contributed by atoms with Crippen LogP contribution in [0.3, 0.4) is 0 Å². The molecule has 2 heterocycles. The summed E-state index contributed by atoms with van der Waals surface area (Å²) >= 11 is 0. The number of carbonyl (C=O) groups excluding carboxylic acids is 2. The summed E-state index contributed by atoms with van der Waals surface area (Å²) in [5, 5.41) is 5.94. The van der Waals surface area contributed by atoms with Gasteiger partial charge in [-0.3, -0.25) is 9.59 Å². The lowest BCUT2D eigenvalue weighted by molar-refractivity contribution is -0.137. The Balaban J connectivity index is 1.40. The molecule has 188 valence electrons. The normalized spacial score (nSPS) is 21.3. The molecule has 1 saturated heterocycles. The van der Waals surface area contributed by atoms with Crippen LogP contribution in [0.2, 0.25) is 0 Å². The summed E-state index contributed by atoms with van der Waals surface area (Å²) in [6.45, 7) is 3.92. The number of rotatable bonds is 6. The maximum Gasteiger partial charge on any atom is 0.245 e. The summed E-state index contributed by atoms with van der Waals surface area (Å²) in [5.74, 6) is 0.410. The number of likely N-dealkylation sites (N-methyl/N-ethyl adjacent to an activating group) is 1. The monoisotopic (exact) mass is 493 g/mol. The highest BCUT2D eigenvalue weighted by molar-refractivity contribution is 7.89. The first-order valence-electron chi connectivity index (χ1n) is 12.4. The number of piperidine rings is 1. The fraction of sp³-hybridized carbons (Fsp3) is 0.667. The summed E-state index contributed by atoms with van der Waals surface area (Å²) in [6, 6.07) is 4.70. The van der Waals surface area contributed by atoms with E-state index in [1.54, 1.807) is 12.1 Å².